The molecule has 1 rings (SSSR count). The van der Waals surface area contributed by atoms with Crippen molar-refractivity contribution in [2.75, 3.05) is 13.7 Å². The van der Waals surface area contributed by atoms with Gasteiger partial charge < -0.3 is 14.9 Å². The highest BCUT2D eigenvalue weighted by molar-refractivity contribution is 5.53. The van der Waals surface area contributed by atoms with E-state index in [1.807, 2.05) is 30.4 Å². The Kier molecular flexibility index (Phi) is 4.87. The van der Waals surface area contributed by atoms with Gasteiger partial charge in [-0.1, -0.05) is 24.3 Å². The van der Waals surface area contributed by atoms with Gasteiger partial charge in [-0.05, 0) is 18.1 Å². The molecule has 0 aromatic heterocycles. The molecule has 3 nitrogen and oxygen atoms in total. The standard InChI is InChI=1S/C12H16O3/c1-15-12-8-10(4-2-3-7-13)5-6-11(12)9-14/h2,4-6,8,13-14H,3,7,9H2,1H3. The quantitative estimate of drug-likeness (QED) is 0.772. The molecule has 2 N–H and O–H groups in total. The van der Waals surface area contributed by atoms with E-state index in [-0.39, 0.29) is 13.2 Å². The van der Waals surface area contributed by atoms with Crippen LogP contribution in [0.2, 0.25) is 0 Å². The summed E-state index contributed by atoms with van der Waals surface area (Å²) in [5, 5.41) is 17.6. The average molecular weight is 208 g/mol. The maximum atomic E-state index is 9.02. The van der Waals surface area contributed by atoms with E-state index in [1.54, 1.807) is 7.11 Å². The van der Waals surface area contributed by atoms with Gasteiger partial charge >= 0.3 is 0 Å². The van der Waals surface area contributed by atoms with E-state index in [0.717, 1.165) is 11.1 Å². The molecule has 0 bridgehead atoms. The molecule has 0 aliphatic rings. The Balaban J connectivity index is 2.83. The number of aliphatic hydroxyl groups excluding tert-OH is 2. The molecule has 0 aliphatic carbocycles. The predicted octanol–water partition coefficient (Wildman–Crippen LogP) is 1.58. The Bertz CT molecular complexity index is 332. The lowest BCUT2D eigenvalue weighted by Gasteiger charge is -2.06. The minimum absolute atomic E-state index is 0.0240. The summed E-state index contributed by atoms with van der Waals surface area (Å²) in [5.74, 6) is 0.684. The van der Waals surface area contributed by atoms with Crippen molar-refractivity contribution in [2.24, 2.45) is 0 Å². The van der Waals surface area contributed by atoms with E-state index in [4.69, 9.17) is 14.9 Å². The van der Waals surface area contributed by atoms with Crippen LogP contribution in [0.3, 0.4) is 0 Å². The van der Waals surface area contributed by atoms with Crippen LogP contribution in [-0.4, -0.2) is 23.9 Å². The van der Waals surface area contributed by atoms with Crippen molar-refractivity contribution in [1.82, 2.24) is 0 Å². The monoisotopic (exact) mass is 208 g/mol. The molecule has 0 atom stereocenters. The summed E-state index contributed by atoms with van der Waals surface area (Å²) in [5.41, 5.74) is 1.77. The van der Waals surface area contributed by atoms with Gasteiger partial charge in [0.1, 0.15) is 5.75 Å². The molecule has 3 heteroatoms. The third-order valence-corrected chi connectivity index (χ3v) is 2.09. The molecule has 0 amide bonds. The van der Waals surface area contributed by atoms with Crippen LogP contribution in [0.5, 0.6) is 5.75 Å². The van der Waals surface area contributed by atoms with Crippen molar-refractivity contribution in [3.05, 3.63) is 35.4 Å². The minimum Gasteiger partial charge on any atom is -0.496 e. The Hall–Kier alpha value is -1.32. The highest BCUT2D eigenvalue weighted by Crippen LogP contribution is 2.20. The Labute approximate surface area is 89.6 Å². The van der Waals surface area contributed by atoms with Crippen molar-refractivity contribution in [1.29, 1.82) is 0 Å². The van der Waals surface area contributed by atoms with Gasteiger partial charge in [0.25, 0.3) is 0 Å². The number of benzene rings is 1. The molecule has 0 spiro atoms. The fourth-order valence-electron chi connectivity index (χ4n) is 1.29. The third-order valence-electron chi connectivity index (χ3n) is 2.09. The molecule has 0 heterocycles. The molecule has 0 unspecified atom stereocenters. The van der Waals surface area contributed by atoms with E-state index in [1.165, 1.54) is 0 Å². The highest BCUT2D eigenvalue weighted by Gasteiger charge is 2.01. The van der Waals surface area contributed by atoms with Gasteiger partial charge in [-0.25, -0.2) is 0 Å². The maximum absolute atomic E-state index is 9.02. The first-order valence-electron chi connectivity index (χ1n) is 4.87. The third kappa shape index (κ3) is 3.38. The molecule has 82 valence electrons. The van der Waals surface area contributed by atoms with Crippen molar-refractivity contribution in [3.63, 3.8) is 0 Å². The van der Waals surface area contributed by atoms with E-state index in [2.05, 4.69) is 0 Å². The first-order chi connectivity index (χ1) is 7.31. The number of aliphatic hydroxyl groups is 2. The first kappa shape index (κ1) is 11.8. The molecule has 1 aromatic carbocycles. The van der Waals surface area contributed by atoms with Gasteiger partial charge in [-0.2, -0.15) is 0 Å². The van der Waals surface area contributed by atoms with Crippen molar-refractivity contribution in [3.8, 4) is 5.75 Å². The summed E-state index contributed by atoms with van der Waals surface area (Å²) in [6.45, 7) is 0.131. The topological polar surface area (TPSA) is 49.7 Å². The van der Waals surface area contributed by atoms with Crippen LogP contribution in [-0.2, 0) is 6.61 Å². The molecule has 15 heavy (non-hydrogen) atoms. The summed E-state index contributed by atoms with van der Waals surface area (Å²) < 4.78 is 5.14. The van der Waals surface area contributed by atoms with Crippen LogP contribution in [0, 0.1) is 0 Å². The zero-order chi connectivity index (χ0) is 11.1. The van der Waals surface area contributed by atoms with E-state index in [0.29, 0.717) is 12.2 Å². The van der Waals surface area contributed by atoms with Crippen molar-refractivity contribution >= 4 is 6.08 Å². The molecule has 0 aliphatic heterocycles. The normalized spacial score (nSPS) is 10.9. The highest BCUT2D eigenvalue weighted by atomic mass is 16.5. The second kappa shape index (κ2) is 6.22. The first-order valence-corrected chi connectivity index (χ1v) is 4.87. The van der Waals surface area contributed by atoms with Crippen LogP contribution in [0.4, 0.5) is 0 Å². The van der Waals surface area contributed by atoms with Gasteiger partial charge in [0.2, 0.25) is 0 Å². The largest absolute Gasteiger partial charge is 0.496 e. The van der Waals surface area contributed by atoms with Gasteiger partial charge in [0.05, 0.1) is 13.7 Å². The molecular formula is C12H16O3. The number of ether oxygens (including phenoxy) is 1. The Morgan fingerprint density at radius 2 is 2.13 bits per heavy atom. The predicted molar refractivity (Wildman–Crippen MR) is 59.7 cm³/mol. The molecule has 0 saturated carbocycles. The zero-order valence-electron chi connectivity index (χ0n) is 8.81. The summed E-state index contributed by atoms with van der Waals surface area (Å²) >= 11 is 0. The van der Waals surface area contributed by atoms with E-state index >= 15 is 0 Å². The summed E-state index contributed by atoms with van der Waals surface area (Å²) in [6.07, 6.45) is 4.46. The van der Waals surface area contributed by atoms with Crippen molar-refractivity contribution < 1.29 is 14.9 Å². The van der Waals surface area contributed by atoms with E-state index < -0.39 is 0 Å². The number of rotatable bonds is 5. The Morgan fingerprint density at radius 1 is 1.33 bits per heavy atom. The lowest BCUT2D eigenvalue weighted by atomic mass is 10.1. The van der Waals surface area contributed by atoms with Gasteiger partial charge in [0.15, 0.2) is 0 Å². The van der Waals surface area contributed by atoms with E-state index in [9.17, 15) is 0 Å². The molecule has 1 aromatic rings. The molecule has 0 saturated heterocycles. The van der Waals surface area contributed by atoms with Crippen LogP contribution in [0.15, 0.2) is 24.3 Å². The maximum Gasteiger partial charge on any atom is 0.124 e. The second-order valence-electron chi connectivity index (χ2n) is 3.14. The van der Waals surface area contributed by atoms with Crippen LogP contribution in [0.25, 0.3) is 6.08 Å². The summed E-state index contributed by atoms with van der Waals surface area (Å²) in [7, 11) is 1.58. The van der Waals surface area contributed by atoms with Gasteiger partial charge in [-0.3, -0.25) is 0 Å². The van der Waals surface area contributed by atoms with Gasteiger partial charge in [0, 0.05) is 12.2 Å². The molecule has 0 fully saturated rings. The molecular weight excluding hydrogens is 192 g/mol. The van der Waals surface area contributed by atoms with Crippen LogP contribution < -0.4 is 4.74 Å². The second-order valence-corrected chi connectivity index (χ2v) is 3.14. The number of methoxy groups -OCH3 is 1. The number of hydrogen-bond acceptors (Lipinski definition) is 3. The Morgan fingerprint density at radius 3 is 2.73 bits per heavy atom. The zero-order valence-corrected chi connectivity index (χ0v) is 8.81. The van der Waals surface area contributed by atoms with Gasteiger partial charge in [-0.15, -0.1) is 0 Å². The fraction of sp³-hybridized carbons (Fsp3) is 0.333. The lowest BCUT2D eigenvalue weighted by Crippen LogP contribution is -1.92. The smallest absolute Gasteiger partial charge is 0.124 e. The van der Waals surface area contributed by atoms with Crippen molar-refractivity contribution in [2.45, 2.75) is 13.0 Å². The minimum atomic E-state index is -0.0240. The van der Waals surface area contributed by atoms with Crippen LogP contribution in [0.1, 0.15) is 17.5 Å². The molecule has 0 radical (unpaired) electrons. The SMILES string of the molecule is COc1cc(C=CCCO)ccc1CO. The fourth-order valence-corrected chi connectivity index (χ4v) is 1.29. The average Bonchev–Trinajstić information content (AvgIpc) is 2.29. The lowest BCUT2D eigenvalue weighted by molar-refractivity contribution is 0.274. The summed E-state index contributed by atoms with van der Waals surface area (Å²) in [4.78, 5) is 0. The summed E-state index contributed by atoms with van der Waals surface area (Å²) in [6, 6.07) is 5.60. The number of hydrogen-bond donors (Lipinski definition) is 2. The van der Waals surface area contributed by atoms with Crippen LogP contribution >= 0.6 is 0 Å².